The Labute approximate surface area is 128 Å². The van der Waals surface area contributed by atoms with Crippen molar-refractivity contribution in [1.82, 2.24) is 0 Å². The zero-order valence-corrected chi connectivity index (χ0v) is 13.3. The molecule has 0 aliphatic carbocycles. The van der Waals surface area contributed by atoms with Crippen molar-refractivity contribution in [3.05, 3.63) is 65.7 Å². The molecule has 21 heavy (non-hydrogen) atoms. The quantitative estimate of drug-likeness (QED) is 0.873. The van der Waals surface area contributed by atoms with Crippen LogP contribution in [0.25, 0.3) is 0 Å². The first-order valence-electron chi connectivity index (χ1n) is 7.66. The molecule has 2 aromatic carbocycles. The Morgan fingerprint density at radius 3 is 2.14 bits per heavy atom. The smallest absolute Gasteiger partial charge is 0.0558 e. The van der Waals surface area contributed by atoms with Crippen molar-refractivity contribution in [2.45, 2.75) is 32.2 Å². The first-order chi connectivity index (χ1) is 10.1. The standard InChI is InChI=1S/C19H26N2/c1-4-19(15-20,14-17-8-6-5-7-9-17)21(3)18-12-10-16(2)11-13-18/h5-13H,4,14-15,20H2,1-3H3. The van der Waals surface area contributed by atoms with Gasteiger partial charge < -0.3 is 10.6 Å². The maximum atomic E-state index is 6.19. The molecule has 0 spiro atoms. The molecule has 0 heterocycles. The molecule has 112 valence electrons. The van der Waals surface area contributed by atoms with Crippen LogP contribution in [0.15, 0.2) is 54.6 Å². The molecule has 0 saturated heterocycles. The van der Waals surface area contributed by atoms with Crippen LogP contribution in [0.2, 0.25) is 0 Å². The summed E-state index contributed by atoms with van der Waals surface area (Å²) in [5.41, 5.74) is 9.99. The Balaban J connectivity index is 2.30. The topological polar surface area (TPSA) is 29.3 Å². The van der Waals surface area contributed by atoms with E-state index in [0.29, 0.717) is 6.54 Å². The SMILES string of the molecule is CCC(CN)(Cc1ccccc1)N(C)c1ccc(C)cc1. The molecule has 2 heteroatoms. The van der Waals surface area contributed by atoms with Crippen LogP contribution in [0, 0.1) is 6.92 Å². The zero-order chi connectivity index (χ0) is 15.3. The fraction of sp³-hybridized carbons (Fsp3) is 0.368. The Bertz CT molecular complexity index is 542. The third kappa shape index (κ3) is 3.45. The normalized spacial score (nSPS) is 13.7. The summed E-state index contributed by atoms with van der Waals surface area (Å²) < 4.78 is 0. The van der Waals surface area contributed by atoms with Crippen molar-refractivity contribution in [1.29, 1.82) is 0 Å². The van der Waals surface area contributed by atoms with E-state index >= 15 is 0 Å². The predicted molar refractivity (Wildman–Crippen MR) is 91.8 cm³/mol. The van der Waals surface area contributed by atoms with Gasteiger partial charge in [0.1, 0.15) is 0 Å². The monoisotopic (exact) mass is 282 g/mol. The van der Waals surface area contributed by atoms with Crippen molar-refractivity contribution >= 4 is 5.69 Å². The van der Waals surface area contributed by atoms with Gasteiger partial charge in [0, 0.05) is 19.3 Å². The van der Waals surface area contributed by atoms with E-state index < -0.39 is 0 Å². The van der Waals surface area contributed by atoms with Crippen LogP contribution in [0.3, 0.4) is 0 Å². The van der Waals surface area contributed by atoms with Crippen molar-refractivity contribution in [2.75, 3.05) is 18.5 Å². The van der Waals surface area contributed by atoms with Crippen LogP contribution in [0.1, 0.15) is 24.5 Å². The first-order valence-corrected chi connectivity index (χ1v) is 7.66. The van der Waals surface area contributed by atoms with Crippen LogP contribution < -0.4 is 10.6 Å². The first kappa shape index (κ1) is 15.6. The van der Waals surface area contributed by atoms with Crippen molar-refractivity contribution in [2.24, 2.45) is 5.73 Å². The van der Waals surface area contributed by atoms with Crippen LogP contribution in [-0.2, 0) is 6.42 Å². The molecule has 0 saturated carbocycles. The Kier molecular flexibility index (Phi) is 5.03. The van der Waals surface area contributed by atoms with E-state index in [1.165, 1.54) is 16.8 Å². The van der Waals surface area contributed by atoms with Gasteiger partial charge in [-0.15, -0.1) is 0 Å². The van der Waals surface area contributed by atoms with E-state index in [4.69, 9.17) is 5.73 Å². The van der Waals surface area contributed by atoms with Crippen LogP contribution >= 0.6 is 0 Å². The van der Waals surface area contributed by atoms with Gasteiger partial charge in [-0.05, 0) is 37.5 Å². The molecule has 0 radical (unpaired) electrons. The van der Waals surface area contributed by atoms with Crippen LogP contribution in [0.5, 0.6) is 0 Å². The van der Waals surface area contributed by atoms with Crippen LogP contribution in [0.4, 0.5) is 5.69 Å². The average molecular weight is 282 g/mol. The van der Waals surface area contributed by atoms with E-state index in [9.17, 15) is 0 Å². The minimum absolute atomic E-state index is 0.0450. The van der Waals surface area contributed by atoms with E-state index in [2.05, 4.69) is 80.4 Å². The summed E-state index contributed by atoms with van der Waals surface area (Å²) in [5.74, 6) is 0. The zero-order valence-electron chi connectivity index (χ0n) is 13.3. The summed E-state index contributed by atoms with van der Waals surface area (Å²) in [5, 5.41) is 0. The number of nitrogens with two attached hydrogens (primary N) is 1. The highest BCUT2D eigenvalue weighted by Gasteiger charge is 2.31. The van der Waals surface area contributed by atoms with Gasteiger partial charge in [-0.1, -0.05) is 55.0 Å². The molecule has 2 N–H and O–H groups in total. The third-order valence-electron chi connectivity index (χ3n) is 4.55. The number of likely N-dealkylation sites (N-methyl/N-ethyl adjacent to an activating group) is 1. The number of aryl methyl sites for hydroxylation is 1. The Morgan fingerprint density at radius 1 is 1.00 bits per heavy atom. The van der Waals surface area contributed by atoms with Gasteiger partial charge in [-0.25, -0.2) is 0 Å². The molecule has 2 nitrogen and oxygen atoms in total. The fourth-order valence-corrected chi connectivity index (χ4v) is 2.85. The van der Waals surface area contributed by atoms with Gasteiger partial charge in [0.05, 0.1) is 5.54 Å². The molecule has 0 fully saturated rings. The minimum Gasteiger partial charge on any atom is -0.367 e. The summed E-state index contributed by atoms with van der Waals surface area (Å²) in [6.45, 7) is 4.98. The van der Waals surface area contributed by atoms with Gasteiger partial charge in [0.25, 0.3) is 0 Å². The van der Waals surface area contributed by atoms with Crippen molar-refractivity contribution in [3.63, 3.8) is 0 Å². The fourth-order valence-electron chi connectivity index (χ4n) is 2.85. The largest absolute Gasteiger partial charge is 0.367 e. The number of nitrogens with zero attached hydrogens (tertiary/aromatic N) is 1. The maximum absolute atomic E-state index is 6.19. The molecule has 0 bridgehead atoms. The number of anilines is 1. The lowest BCUT2D eigenvalue weighted by molar-refractivity contribution is 0.395. The van der Waals surface area contributed by atoms with E-state index in [0.717, 1.165) is 12.8 Å². The van der Waals surface area contributed by atoms with Crippen molar-refractivity contribution in [3.8, 4) is 0 Å². The minimum atomic E-state index is -0.0450. The summed E-state index contributed by atoms with van der Waals surface area (Å²) in [6, 6.07) is 19.3. The lowest BCUT2D eigenvalue weighted by Gasteiger charge is -2.42. The maximum Gasteiger partial charge on any atom is 0.0558 e. The Morgan fingerprint density at radius 2 is 1.62 bits per heavy atom. The number of benzene rings is 2. The van der Waals surface area contributed by atoms with Gasteiger partial charge in [0.2, 0.25) is 0 Å². The van der Waals surface area contributed by atoms with Gasteiger partial charge in [-0.2, -0.15) is 0 Å². The summed E-state index contributed by atoms with van der Waals surface area (Å²) in [7, 11) is 2.16. The molecular weight excluding hydrogens is 256 g/mol. The molecule has 1 atom stereocenters. The molecule has 2 rings (SSSR count). The predicted octanol–water partition coefficient (Wildman–Crippen LogP) is 3.78. The molecule has 0 aromatic heterocycles. The summed E-state index contributed by atoms with van der Waals surface area (Å²) in [4.78, 5) is 2.35. The van der Waals surface area contributed by atoms with Crippen molar-refractivity contribution < 1.29 is 0 Å². The highest BCUT2D eigenvalue weighted by Crippen LogP contribution is 2.28. The number of hydrogen-bond acceptors (Lipinski definition) is 2. The number of hydrogen-bond donors (Lipinski definition) is 1. The average Bonchev–Trinajstić information content (AvgIpc) is 2.54. The molecule has 1 unspecified atom stereocenters. The highest BCUT2D eigenvalue weighted by atomic mass is 15.2. The second-order valence-corrected chi connectivity index (χ2v) is 5.84. The molecule has 0 amide bonds. The summed E-state index contributed by atoms with van der Waals surface area (Å²) >= 11 is 0. The summed E-state index contributed by atoms with van der Waals surface area (Å²) in [6.07, 6.45) is 1.98. The molecule has 0 aliphatic heterocycles. The number of rotatable bonds is 6. The van der Waals surface area contributed by atoms with E-state index in [1.807, 2.05) is 0 Å². The molecular formula is C19H26N2. The second-order valence-electron chi connectivity index (χ2n) is 5.84. The van der Waals surface area contributed by atoms with Crippen LogP contribution in [-0.4, -0.2) is 19.1 Å². The molecule has 2 aromatic rings. The lowest BCUT2D eigenvalue weighted by Crippen LogP contribution is -2.53. The van der Waals surface area contributed by atoms with E-state index in [1.54, 1.807) is 0 Å². The van der Waals surface area contributed by atoms with Gasteiger partial charge in [0.15, 0.2) is 0 Å². The lowest BCUT2D eigenvalue weighted by atomic mass is 9.86. The second kappa shape index (κ2) is 6.77. The Hall–Kier alpha value is -1.80. The van der Waals surface area contributed by atoms with Gasteiger partial charge in [-0.3, -0.25) is 0 Å². The molecule has 0 aliphatic rings. The van der Waals surface area contributed by atoms with Gasteiger partial charge >= 0.3 is 0 Å². The third-order valence-corrected chi connectivity index (χ3v) is 4.55. The highest BCUT2D eigenvalue weighted by molar-refractivity contribution is 5.50. The van der Waals surface area contributed by atoms with E-state index in [-0.39, 0.29) is 5.54 Å².